The summed E-state index contributed by atoms with van der Waals surface area (Å²) in [6.45, 7) is 4.47. The minimum absolute atomic E-state index is 0.0168. The van der Waals surface area contributed by atoms with Crippen molar-refractivity contribution in [2.45, 2.75) is 46.1 Å². The molecule has 5 heteroatoms. The quantitative estimate of drug-likeness (QED) is 0.860. The summed E-state index contributed by atoms with van der Waals surface area (Å²) in [5.74, 6) is -0.834. The van der Waals surface area contributed by atoms with Crippen LogP contribution in [-0.4, -0.2) is 20.9 Å². The van der Waals surface area contributed by atoms with Crippen LogP contribution in [0.1, 0.15) is 36.2 Å². The van der Waals surface area contributed by atoms with E-state index in [0.29, 0.717) is 6.42 Å². The van der Waals surface area contributed by atoms with E-state index in [1.54, 1.807) is 0 Å². The number of carbonyl (C=O) groups is 1. The van der Waals surface area contributed by atoms with Crippen molar-refractivity contribution in [3.8, 4) is 6.07 Å². The van der Waals surface area contributed by atoms with Crippen molar-refractivity contribution in [1.82, 2.24) is 9.78 Å². The lowest BCUT2D eigenvalue weighted by atomic mass is 10.0. The van der Waals surface area contributed by atoms with Gasteiger partial charge in [-0.2, -0.15) is 10.4 Å². The van der Waals surface area contributed by atoms with Crippen molar-refractivity contribution in [3.63, 3.8) is 0 Å². The minimum Gasteiger partial charge on any atom is -0.481 e. The third-order valence-corrected chi connectivity index (χ3v) is 3.76. The minimum atomic E-state index is -0.834. The molecule has 1 aromatic rings. The molecule has 0 amide bonds. The molecule has 5 nitrogen and oxygen atoms in total. The Hall–Kier alpha value is -1.83. The largest absolute Gasteiger partial charge is 0.481 e. The summed E-state index contributed by atoms with van der Waals surface area (Å²) in [6, 6.07) is 2.23. The van der Waals surface area contributed by atoms with E-state index in [2.05, 4.69) is 11.2 Å². The Bertz CT molecular complexity index is 521. The first-order chi connectivity index (χ1) is 8.47. The molecule has 0 aromatic carbocycles. The van der Waals surface area contributed by atoms with Crippen LogP contribution in [0, 0.1) is 30.6 Å². The average Bonchev–Trinajstić information content (AvgIpc) is 2.98. The lowest BCUT2D eigenvalue weighted by molar-refractivity contribution is -0.136. The highest BCUT2D eigenvalue weighted by molar-refractivity contribution is 5.70. The number of carboxylic acid groups (broad SMARTS) is 1. The van der Waals surface area contributed by atoms with E-state index in [1.165, 1.54) is 0 Å². The number of nitriles is 1. The van der Waals surface area contributed by atoms with Crippen LogP contribution in [0.4, 0.5) is 0 Å². The van der Waals surface area contributed by atoms with E-state index < -0.39 is 5.97 Å². The van der Waals surface area contributed by atoms with Crippen molar-refractivity contribution in [2.75, 3.05) is 0 Å². The number of aliphatic carboxylic acids is 1. The molecule has 1 aliphatic rings. The van der Waals surface area contributed by atoms with Gasteiger partial charge in [0, 0.05) is 29.6 Å². The van der Waals surface area contributed by atoms with Crippen molar-refractivity contribution in [3.05, 3.63) is 17.0 Å². The molecule has 0 spiro atoms. The number of hydrogen-bond donors (Lipinski definition) is 1. The van der Waals surface area contributed by atoms with Gasteiger partial charge in [0.25, 0.3) is 0 Å². The number of nitrogens with zero attached hydrogens (tertiary/aromatic N) is 3. The Morgan fingerprint density at radius 2 is 2.22 bits per heavy atom. The van der Waals surface area contributed by atoms with Crippen LogP contribution < -0.4 is 0 Å². The second-order valence-corrected chi connectivity index (χ2v) is 5.21. The van der Waals surface area contributed by atoms with Gasteiger partial charge in [0.05, 0.1) is 18.2 Å². The summed E-state index contributed by atoms with van der Waals surface area (Å²) < 4.78 is 1.87. The molecule has 1 fully saturated rings. The van der Waals surface area contributed by atoms with Crippen LogP contribution in [0.15, 0.2) is 0 Å². The first-order valence-corrected chi connectivity index (χ1v) is 6.09. The summed E-state index contributed by atoms with van der Waals surface area (Å²) in [7, 11) is 0. The predicted octanol–water partition coefficient (Wildman–Crippen LogP) is 1.82. The van der Waals surface area contributed by atoms with E-state index >= 15 is 0 Å². The molecule has 0 bridgehead atoms. The van der Waals surface area contributed by atoms with Gasteiger partial charge in [-0.3, -0.25) is 9.48 Å². The van der Waals surface area contributed by atoms with E-state index in [1.807, 2.05) is 18.5 Å². The van der Waals surface area contributed by atoms with E-state index in [0.717, 1.165) is 36.3 Å². The van der Waals surface area contributed by atoms with Gasteiger partial charge >= 0.3 is 5.97 Å². The highest BCUT2D eigenvalue weighted by Gasteiger charge is 2.43. The summed E-state index contributed by atoms with van der Waals surface area (Å²) in [5.41, 5.74) is 2.58. The maximum Gasteiger partial charge on any atom is 0.307 e. The van der Waals surface area contributed by atoms with Gasteiger partial charge in [-0.15, -0.1) is 0 Å². The number of hydrogen-bond acceptors (Lipinski definition) is 3. The molecule has 1 N–H and O–H groups in total. The Labute approximate surface area is 106 Å². The van der Waals surface area contributed by atoms with E-state index in [9.17, 15) is 4.79 Å². The van der Waals surface area contributed by atoms with Crippen molar-refractivity contribution >= 4 is 5.97 Å². The molecule has 1 aliphatic carbocycles. The maximum absolute atomic E-state index is 10.8. The molecule has 2 rings (SSSR count). The van der Waals surface area contributed by atoms with Gasteiger partial charge in [-0.1, -0.05) is 0 Å². The molecule has 1 aromatic heterocycles. The predicted molar refractivity (Wildman–Crippen MR) is 64.9 cm³/mol. The van der Waals surface area contributed by atoms with Gasteiger partial charge in [-0.05, 0) is 26.7 Å². The smallest absolute Gasteiger partial charge is 0.307 e. The fourth-order valence-corrected chi connectivity index (χ4v) is 2.35. The molecule has 18 heavy (non-hydrogen) atoms. The summed E-state index contributed by atoms with van der Waals surface area (Å²) in [4.78, 5) is 10.8. The normalized spacial score (nSPS) is 16.3. The number of carboxylic acids is 1. The maximum atomic E-state index is 10.8. The molecule has 96 valence electrons. The SMILES string of the molecule is Cc1nn(CC2(CC#N)CC2)c(C)c1CC(=O)O. The Morgan fingerprint density at radius 3 is 2.72 bits per heavy atom. The number of rotatable bonds is 5. The zero-order chi connectivity index (χ0) is 13.3. The van der Waals surface area contributed by atoms with Gasteiger partial charge in [-0.25, -0.2) is 0 Å². The topological polar surface area (TPSA) is 78.9 Å². The zero-order valence-corrected chi connectivity index (χ0v) is 10.7. The zero-order valence-electron chi connectivity index (χ0n) is 10.7. The van der Waals surface area contributed by atoms with Gasteiger partial charge in [0.1, 0.15) is 0 Å². The van der Waals surface area contributed by atoms with Crippen LogP contribution in [0.5, 0.6) is 0 Å². The molecule has 0 unspecified atom stereocenters. The van der Waals surface area contributed by atoms with Gasteiger partial charge in [0.2, 0.25) is 0 Å². The first-order valence-electron chi connectivity index (χ1n) is 6.09. The fourth-order valence-electron chi connectivity index (χ4n) is 2.35. The van der Waals surface area contributed by atoms with Crippen molar-refractivity contribution in [2.24, 2.45) is 5.41 Å². The van der Waals surface area contributed by atoms with E-state index in [4.69, 9.17) is 10.4 Å². The van der Waals surface area contributed by atoms with Crippen LogP contribution in [0.3, 0.4) is 0 Å². The molecular weight excluding hydrogens is 230 g/mol. The summed E-state index contributed by atoms with van der Waals surface area (Å²) in [5, 5.41) is 22.1. The van der Waals surface area contributed by atoms with E-state index in [-0.39, 0.29) is 11.8 Å². The highest BCUT2D eigenvalue weighted by Crippen LogP contribution is 2.50. The average molecular weight is 247 g/mol. The molecule has 1 saturated carbocycles. The number of aryl methyl sites for hydroxylation is 1. The number of aromatic nitrogens is 2. The summed E-state index contributed by atoms with van der Waals surface area (Å²) in [6.07, 6.45) is 2.70. The second-order valence-electron chi connectivity index (χ2n) is 5.21. The standard InChI is InChI=1S/C13H17N3O2/c1-9-11(7-12(17)18)10(2)16(15-9)8-13(3-4-13)5-6-14/h3-5,7-8H2,1-2H3,(H,17,18). The van der Waals surface area contributed by atoms with Crippen molar-refractivity contribution < 1.29 is 9.90 Å². The van der Waals surface area contributed by atoms with Crippen LogP contribution >= 0.6 is 0 Å². The second kappa shape index (κ2) is 4.45. The lowest BCUT2D eigenvalue weighted by Gasteiger charge is -2.12. The third kappa shape index (κ3) is 2.37. The fraction of sp³-hybridized carbons (Fsp3) is 0.615. The molecule has 0 aliphatic heterocycles. The Kier molecular flexibility index (Phi) is 3.12. The molecule has 1 heterocycles. The molecule has 0 atom stereocenters. The van der Waals surface area contributed by atoms with Crippen molar-refractivity contribution in [1.29, 1.82) is 5.26 Å². The monoisotopic (exact) mass is 247 g/mol. The third-order valence-electron chi connectivity index (χ3n) is 3.76. The summed E-state index contributed by atoms with van der Waals surface area (Å²) >= 11 is 0. The molecular formula is C13H17N3O2. The lowest BCUT2D eigenvalue weighted by Crippen LogP contribution is -2.14. The molecule has 0 radical (unpaired) electrons. The molecule has 0 saturated heterocycles. The Morgan fingerprint density at radius 1 is 1.56 bits per heavy atom. The highest BCUT2D eigenvalue weighted by atomic mass is 16.4. The van der Waals surface area contributed by atoms with Crippen LogP contribution in [0.2, 0.25) is 0 Å². The van der Waals surface area contributed by atoms with Gasteiger partial charge < -0.3 is 5.11 Å². The van der Waals surface area contributed by atoms with Gasteiger partial charge in [0.15, 0.2) is 0 Å². The van der Waals surface area contributed by atoms with Crippen LogP contribution in [-0.2, 0) is 17.8 Å². The Balaban J connectivity index is 2.20. The first kappa shape index (κ1) is 12.6. The van der Waals surface area contributed by atoms with Crippen LogP contribution in [0.25, 0.3) is 0 Å².